The number of esters is 1. The first kappa shape index (κ1) is 20.2. The first-order valence-electron chi connectivity index (χ1n) is 10.8. The van der Waals surface area contributed by atoms with E-state index in [0.717, 1.165) is 44.3 Å². The highest BCUT2D eigenvalue weighted by Gasteiger charge is 2.48. The van der Waals surface area contributed by atoms with Crippen LogP contribution in [0.5, 0.6) is 5.75 Å². The molecule has 0 aromatic heterocycles. The number of nitrogens with one attached hydrogen (secondary N) is 1. The van der Waals surface area contributed by atoms with E-state index in [1.165, 1.54) is 31.2 Å². The third kappa shape index (κ3) is 5.97. The molecule has 1 unspecified atom stereocenters. The summed E-state index contributed by atoms with van der Waals surface area (Å²) < 4.78 is 12.2. The summed E-state index contributed by atoms with van der Waals surface area (Å²) in [6.45, 7) is 4.30. The number of hydrogen-bond acceptors (Lipinski definition) is 4. The Bertz CT molecular complexity index is 600. The lowest BCUT2D eigenvalue weighted by Crippen LogP contribution is -2.54. The van der Waals surface area contributed by atoms with Crippen LogP contribution >= 0.6 is 0 Å². The standard InChI is InChI=1S/C23H35NO3/c1-3-4-5-6-7-8-9-22(25)27-23-15-14-19(24-23)16-21(17-23)26-20-12-10-18(2)11-13-20/h10-13,19,21,24H,3-9,14-17H2,1-2H3/t19-,21?,23+/m0/s1. The summed E-state index contributed by atoms with van der Waals surface area (Å²) in [5.74, 6) is 0.843. The molecular formula is C23H35NO3. The maximum atomic E-state index is 12.4. The zero-order valence-corrected chi connectivity index (χ0v) is 17.0. The van der Waals surface area contributed by atoms with Crippen LogP contribution in [0.2, 0.25) is 0 Å². The number of unbranched alkanes of at least 4 members (excludes halogenated alkanes) is 5. The van der Waals surface area contributed by atoms with Crippen molar-refractivity contribution in [3.8, 4) is 5.75 Å². The number of aryl methyl sites for hydroxylation is 1. The third-order valence-electron chi connectivity index (χ3n) is 5.84. The summed E-state index contributed by atoms with van der Waals surface area (Å²) in [4.78, 5) is 12.4. The fourth-order valence-electron chi connectivity index (χ4n) is 4.37. The maximum Gasteiger partial charge on any atom is 0.307 e. The van der Waals surface area contributed by atoms with E-state index >= 15 is 0 Å². The van der Waals surface area contributed by atoms with Crippen molar-refractivity contribution >= 4 is 5.97 Å². The van der Waals surface area contributed by atoms with Crippen molar-refractivity contribution in [1.29, 1.82) is 0 Å². The van der Waals surface area contributed by atoms with Gasteiger partial charge in [-0.25, -0.2) is 0 Å². The molecule has 150 valence electrons. The van der Waals surface area contributed by atoms with E-state index in [-0.39, 0.29) is 12.1 Å². The van der Waals surface area contributed by atoms with Crippen molar-refractivity contribution in [3.05, 3.63) is 29.8 Å². The average molecular weight is 374 g/mol. The van der Waals surface area contributed by atoms with Crippen molar-refractivity contribution in [2.24, 2.45) is 0 Å². The normalized spacial score (nSPS) is 26.7. The molecule has 3 atom stereocenters. The van der Waals surface area contributed by atoms with Crippen LogP contribution in [0, 0.1) is 6.92 Å². The molecule has 1 aromatic carbocycles. The van der Waals surface area contributed by atoms with Gasteiger partial charge in [0, 0.05) is 25.3 Å². The Morgan fingerprint density at radius 2 is 1.89 bits per heavy atom. The van der Waals surface area contributed by atoms with Crippen LogP contribution in [0.3, 0.4) is 0 Å². The zero-order valence-electron chi connectivity index (χ0n) is 17.0. The van der Waals surface area contributed by atoms with Crippen LogP contribution in [0.4, 0.5) is 0 Å². The molecule has 0 radical (unpaired) electrons. The predicted molar refractivity (Wildman–Crippen MR) is 108 cm³/mol. The van der Waals surface area contributed by atoms with Crippen LogP contribution in [0.15, 0.2) is 24.3 Å². The van der Waals surface area contributed by atoms with E-state index in [0.29, 0.717) is 12.5 Å². The Balaban J connectivity index is 1.46. The molecule has 4 heteroatoms. The number of benzene rings is 1. The highest BCUT2D eigenvalue weighted by molar-refractivity contribution is 5.69. The number of carbonyl (C=O) groups is 1. The number of piperidine rings is 1. The minimum atomic E-state index is -0.516. The van der Waals surface area contributed by atoms with Crippen LogP contribution in [-0.4, -0.2) is 23.8 Å². The van der Waals surface area contributed by atoms with Crippen LogP contribution in [0.1, 0.15) is 83.1 Å². The van der Waals surface area contributed by atoms with Gasteiger partial charge in [-0.1, -0.05) is 56.7 Å². The monoisotopic (exact) mass is 373 g/mol. The molecule has 0 spiro atoms. The first-order valence-corrected chi connectivity index (χ1v) is 10.8. The van der Waals surface area contributed by atoms with Crippen molar-refractivity contribution in [3.63, 3.8) is 0 Å². The molecule has 2 aliphatic heterocycles. The molecule has 27 heavy (non-hydrogen) atoms. The van der Waals surface area contributed by atoms with Gasteiger partial charge in [0.15, 0.2) is 5.72 Å². The summed E-state index contributed by atoms with van der Waals surface area (Å²) >= 11 is 0. The summed E-state index contributed by atoms with van der Waals surface area (Å²) in [6.07, 6.45) is 11.4. The lowest BCUT2D eigenvalue weighted by Gasteiger charge is -2.38. The summed E-state index contributed by atoms with van der Waals surface area (Å²) in [7, 11) is 0. The van der Waals surface area contributed by atoms with E-state index < -0.39 is 5.72 Å². The van der Waals surface area contributed by atoms with Crippen LogP contribution in [0.25, 0.3) is 0 Å². The third-order valence-corrected chi connectivity index (χ3v) is 5.84. The molecule has 2 bridgehead atoms. The molecule has 1 N–H and O–H groups in total. The highest BCUT2D eigenvalue weighted by Crippen LogP contribution is 2.38. The molecule has 2 aliphatic rings. The Kier molecular flexibility index (Phi) is 7.17. The van der Waals surface area contributed by atoms with Gasteiger partial charge in [-0.05, 0) is 38.3 Å². The first-order chi connectivity index (χ1) is 13.1. The van der Waals surface area contributed by atoms with E-state index in [1.54, 1.807) is 0 Å². The number of fused-ring (bicyclic) bond motifs is 2. The number of ether oxygens (including phenoxy) is 2. The van der Waals surface area contributed by atoms with Gasteiger partial charge < -0.3 is 9.47 Å². The molecule has 0 amide bonds. The molecule has 0 aliphatic carbocycles. The second kappa shape index (κ2) is 9.59. The lowest BCUT2D eigenvalue weighted by molar-refractivity contribution is -0.168. The van der Waals surface area contributed by atoms with E-state index in [1.807, 2.05) is 12.1 Å². The highest BCUT2D eigenvalue weighted by atomic mass is 16.6. The van der Waals surface area contributed by atoms with Crippen LogP contribution < -0.4 is 10.1 Å². The van der Waals surface area contributed by atoms with Crippen molar-refractivity contribution in [1.82, 2.24) is 5.32 Å². The second-order valence-corrected chi connectivity index (χ2v) is 8.36. The molecule has 0 saturated carbocycles. The van der Waals surface area contributed by atoms with Gasteiger partial charge in [0.1, 0.15) is 11.9 Å². The quantitative estimate of drug-likeness (QED) is 0.448. The molecule has 2 fully saturated rings. The number of rotatable bonds is 10. The van der Waals surface area contributed by atoms with Crippen molar-refractivity contribution < 1.29 is 14.3 Å². The van der Waals surface area contributed by atoms with Gasteiger partial charge in [0.25, 0.3) is 0 Å². The Labute approximate surface area is 164 Å². The summed E-state index contributed by atoms with van der Waals surface area (Å²) in [6, 6.07) is 8.58. The van der Waals surface area contributed by atoms with Gasteiger partial charge in [-0.15, -0.1) is 0 Å². The Morgan fingerprint density at radius 1 is 1.15 bits per heavy atom. The molecule has 2 heterocycles. The van der Waals surface area contributed by atoms with E-state index in [9.17, 15) is 4.79 Å². The lowest BCUT2D eigenvalue weighted by atomic mass is 9.99. The summed E-state index contributed by atoms with van der Waals surface area (Å²) in [5.41, 5.74) is 0.713. The fourth-order valence-corrected chi connectivity index (χ4v) is 4.37. The molecule has 4 nitrogen and oxygen atoms in total. The topological polar surface area (TPSA) is 47.6 Å². The Hall–Kier alpha value is -1.55. The van der Waals surface area contributed by atoms with Crippen molar-refractivity contribution in [2.45, 2.75) is 102 Å². The summed E-state index contributed by atoms with van der Waals surface area (Å²) in [5, 5.41) is 3.55. The minimum Gasteiger partial charge on any atom is -0.490 e. The average Bonchev–Trinajstić information content (AvgIpc) is 2.94. The number of carbonyl (C=O) groups excluding carboxylic acids is 1. The van der Waals surface area contributed by atoms with E-state index in [2.05, 4.69) is 31.3 Å². The molecular weight excluding hydrogens is 338 g/mol. The second-order valence-electron chi connectivity index (χ2n) is 8.36. The van der Waals surface area contributed by atoms with Gasteiger partial charge in [-0.2, -0.15) is 0 Å². The molecule has 2 saturated heterocycles. The molecule has 1 aromatic rings. The fraction of sp³-hybridized carbons (Fsp3) is 0.696. The van der Waals surface area contributed by atoms with Gasteiger partial charge in [-0.3, -0.25) is 10.1 Å². The Morgan fingerprint density at radius 3 is 2.67 bits per heavy atom. The number of hydrogen-bond donors (Lipinski definition) is 1. The largest absolute Gasteiger partial charge is 0.490 e. The van der Waals surface area contributed by atoms with Crippen LogP contribution in [-0.2, 0) is 9.53 Å². The smallest absolute Gasteiger partial charge is 0.307 e. The molecule has 3 rings (SSSR count). The predicted octanol–water partition coefficient (Wildman–Crippen LogP) is 5.28. The van der Waals surface area contributed by atoms with Gasteiger partial charge >= 0.3 is 5.97 Å². The van der Waals surface area contributed by atoms with Crippen molar-refractivity contribution in [2.75, 3.05) is 0 Å². The minimum absolute atomic E-state index is 0.0605. The SMILES string of the molecule is CCCCCCCCC(=O)O[C@]12CC[C@@H](CC(Oc3ccc(C)cc3)C1)N2. The van der Waals surface area contributed by atoms with Gasteiger partial charge in [0.05, 0.1) is 0 Å². The maximum absolute atomic E-state index is 12.4. The zero-order chi connectivity index (χ0) is 19.1. The van der Waals surface area contributed by atoms with Gasteiger partial charge in [0.2, 0.25) is 0 Å². The van der Waals surface area contributed by atoms with E-state index in [4.69, 9.17) is 9.47 Å².